The molecule has 0 aliphatic rings. The highest BCUT2D eigenvalue weighted by atomic mass is 35.5. The number of hydrogen-bond donors (Lipinski definition) is 0. The molecule has 2 rings (SSSR count). The normalized spacial score (nSPS) is 11.1. The smallest absolute Gasteiger partial charge is 0.390 e. The first-order valence-corrected chi connectivity index (χ1v) is 6.08. The number of nitrogens with zero attached hydrogens (tertiary/aromatic N) is 5. The van der Waals surface area contributed by atoms with Crippen molar-refractivity contribution in [3.8, 4) is 5.88 Å². The van der Waals surface area contributed by atoms with E-state index in [-0.39, 0.29) is 17.2 Å². The van der Waals surface area contributed by atoms with Crippen LogP contribution in [0.1, 0.15) is 19.9 Å². The van der Waals surface area contributed by atoms with Gasteiger partial charge in [0.1, 0.15) is 5.39 Å². The molecular formula is C11H14ClN5O2. The Balaban J connectivity index is 2.52. The van der Waals surface area contributed by atoms with Crippen LogP contribution in [0.3, 0.4) is 0 Å². The van der Waals surface area contributed by atoms with Gasteiger partial charge in [0.25, 0.3) is 0 Å². The van der Waals surface area contributed by atoms with Crippen molar-refractivity contribution in [3.05, 3.63) is 11.5 Å². The van der Waals surface area contributed by atoms with Gasteiger partial charge in [0, 0.05) is 20.1 Å². The van der Waals surface area contributed by atoms with Crippen molar-refractivity contribution in [1.82, 2.24) is 24.6 Å². The van der Waals surface area contributed by atoms with Crippen molar-refractivity contribution >= 4 is 28.7 Å². The van der Waals surface area contributed by atoms with E-state index in [9.17, 15) is 4.79 Å². The van der Waals surface area contributed by atoms with Gasteiger partial charge < -0.3 is 9.64 Å². The van der Waals surface area contributed by atoms with Gasteiger partial charge in [-0.05, 0) is 25.4 Å². The molecule has 0 bridgehead atoms. The largest absolute Gasteiger partial charge is 0.416 e. The number of amides is 1. The molecule has 7 nitrogen and oxygen atoms in total. The first-order valence-electron chi connectivity index (χ1n) is 5.70. The lowest BCUT2D eigenvalue weighted by Gasteiger charge is -2.11. The number of aromatic nitrogens is 4. The summed E-state index contributed by atoms with van der Waals surface area (Å²) in [6, 6.07) is 0.112. The average molecular weight is 284 g/mol. The third-order valence-corrected chi connectivity index (χ3v) is 2.60. The van der Waals surface area contributed by atoms with Gasteiger partial charge in [0.15, 0.2) is 5.65 Å². The second-order valence-corrected chi connectivity index (χ2v) is 4.82. The fourth-order valence-electron chi connectivity index (χ4n) is 1.50. The third kappa shape index (κ3) is 2.60. The Hall–Kier alpha value is -1.89. The van der Waals surface area contributed by atoms with Gasteiger partial charge in [-0.2, -0.15) is 15.1 Å². The first-order chi connectivity index (χ1) is 8.90. The zero-order valence-corrected chi connectivity index (χ0v) is 11.8. The van der Waals surface area contributed by atoms with Gasteiger partial charge in [-0.1, -0.05) is 0 Å². The van der Waals surface area contributed by atoms with E-state index in [1.54, 1.807) is 25.0 Å². The van der Waals surface area contributed by atoms with Crippen LogP contribution in [0.5, 0.6) is 5.88 Å². The number of carbonyl (C=O) groups excluding carboxylic acids is 1. The summed E-state index contributed by atoms with van der Waals surface area (Å²) in [6.07, 6.45) is 1.03. The van der Waals surface area contributed by atoms with E-state index < -0.39 is 6.09 Å². The van der Waals surface area contributed by atoms with E-state index >= 15 is 0 Å². The average Bonchev–Trinajstić information content (AvgIpc) is 2.72. The minimum atomic E-state index is -0.534. The molecule has 0 saturated carbocycles. The topological polar surface area (TPSA) is 73.1 Å². The van der Waals surface area contributed by atoms with E-state index in [0.717, 1.165) is 0 Å². The number of ether oxygens (including phenoxy) is 1. The van der Waals surface area contributed by atoms with Crippen LogP contribution in [0.25, 0.3) is 11.0 Å². The van der Waals surface area contributed by atoms with Crippen molar-refractivity contribution in [2.45, 2.75) is 19.9 Å². The first kappa shape index (κ1) is 13.5. The molecule has 1 amide bonds. The molecule has 2 heterocycles. The van der Waals surface area contributed by atoms with E-state index in [1.807, 2.05) is 13.8 Å². The summed E-state index contributed by atoms with van der Waals surface area (Å²) in [5.41, 5.74) is 0.538. The van der Waals surface area contributed by atoms with Crippen LogP contribution in [-0.2, 0) is 0 Å². The van der Waals surface area contributed by atoms with Crippen LogP contribution in [0.15, 0.2) is 6.20 Å². The number of rotatable bonds is 2. The minimum absolute atomic E-state index is 0.0106. The van der Waals surface area contributed by atoms with Crippen LogP contribution >= 0.6 is 11.6 Å². The molecule has 0 atom stereocenters. The van der Waals surface area contributed by atoms with Gasteiger partial charge in [-0.15, -0.1) is 0 Å². The highest BCUT2D eigenvalue weighted by molar-refractivity contribution is 6.28. The summed E-state index contributed by atoms with van der Waals surface area (Å²) in [4.78, 5) is 20.9. The minimum Gasteiger partial charge on any atom is -0.390 e. The highest BCUT2D eigenvalue weighted by Crippen LogP contribution is 2.25. The summed E-state index contributed by atoms with van der Waals surface area (Å²) in [7, 11) is 3.17. The monoisotopic (exact) mass is 283 g/mol. The van der Waals surface area contributed by atoms with Crippen LogP contribution in [0.4, 0.5) is 4.79 Å². The summed E-state index contributed by atoms with van der Waals surface area (Å²) in [6.45, 7) is 3.93. The molecule has 0 aliphatic heterocycles. The molecule has 0 unspecified atom stereocenters. The Bertz CT molecular complexity index is 623. The zero-order chi connectivity index (χ0) is 14.2. The fraction of sp³-hybridized carbons (Fsp3) is 0.455. The molecule has 102 valence electrons. The molecular weight excluding hydrogens is 270 g/mol. The molecule has 0 fully saturated rings. The summed E-state index contributed by atoms with van der Waals surface area (Å²) < 4.78 is 6.85. The van der Waals surface area contributed by atoms with Crippen molar-refractivity contribution in [1.29, 1.82) is 0 Å². The van der Waals surface area contributed by atoms with E-state index in [0.29, 0.717) is 11.0 Å². The Morgan fingerprint density at radius 3 is 2.68 bits per heavy atom. The van der Waals surface area contributed by atoms with Crippen LogP contribution < -0.4 is 4.74 Å². The summed E-state index contributed by atoms with van der Waals surface area (Å²) >= 11 is 5.85. The van der Waals surface area contributed by atoms with Gasteiger partial charge in [0.05, 0.1) is 6.20 Å². The molecule has 0 aliphatic carbocycles. The van der Waals surface area contributed by atoms with Crippen LogP contribution in [-0.4, -0.2) is 44.8 Å². The SMILES string of the molecule is CC(C)n1ncc2c(OC(=O)N(C)C)nc(Cl)nc21. The number of carbonyl (C=O) groups is 1. The van der Waals surface area contributed by atoms with Crippen molar-refractivity contribution in [2.24, 2.45) is 0 Å². The predicted molar refractivity (Wildman–Crippen MR) is 70.4 cm³/mol. The highest BCUT2D eigenvalue weighted by Gasteiger charge is 2.17. The van der Waals surface area contributed by atoms with E-state index in [4.69, 9.17) is 16.3 Å². The third-order valence-electron chi connectivity index (χ3n) is 2.43. The zero-order valence-electron chi connectivity index (χ0n) is 11.1. The fourth-order valence-corrected chi connectivity index (χ4v) is 1.66. The maximum atomic E-state index is 11.6. The predicted octanol–water partition coefficient (Wildman–Crippen LogP) is 2.12. The lowest BCUT2D eigenvalue weighted by molar-refractivity contribution is 0.170. The number of halogens is 1. The molecule has 0 radical (unpaired) electrons. The Kier molecular flexibility index (Phi) is 3.57. The van der Waals surface area contributed by atoms with E-state index in [1.165, 1.54) is 4.90 Å². The van der Waals surface area contributed by atoms with Crippen molar-refractivity contribution in [2.75, 3.05) is 14.1 Å². The second-order valence-electron chi connectivity index (χ2n) is 4.48. The van der Waals surface area contributed by atoms with Gasteiger partial charge in [0.2, 0.25) is 11.2 Å². The molecule has 19 heavy (non-hydrogen) atoms. The van der Waals surface area contributed by atoms with Crippen molar-refractivity contribution in [3.63, 3.8) is 0 Å². The van der Waals surface area contributed by atoms with E-state index in [2.05, 4.69) is 15.1 Å². The maximum Gasteiger partial charge on any atom is 0.416 e. The van der Waals surface area contributed by atoms with Gasteiger partial charge in [-0.3, -0.25) is 0 Å². The van der Waals surface area contributed by atoms with Gasteiger partial charge in [-0.25, -0.2) is 9.48 Å². The quantitative estimate of drug-likeness (QED) is 0.789. The molecule has 0 spiro atoms. The number of hydrogen-bond acceptors (Lipinski definition) is 5. The standard InChI is InChI=1S/C11H14ClN5O2/c1-6(2)17-8-7(5-13-17)9(15-10(12)14-8)19-11(18)16(3)4/h5-6H,1-4H3. The molecule has 2 aromatic heterocycles. The second kappa shape index (κ2) is 5.00. The summed E-state index contributed by atoms with van der Waals surface area (Å²) in [5, 5.41) is 4.76. The van der Waals surface area contributed by atoms with Gasteiger partial charge >= 0.3 is 6.09 Å². The molecule has 0 N–H and O–H groups in total. The van der Waals surface area contributed by atoms with Crippen LogP contribution in [0.2, 0.25) is 5.28 Å². The molecule has 0 aromatic carbocycles. The molecule has 0 saturated heterocycles. The Morgan fingerprint density at radius 2 is 2.11 bits per heavy atom. The lowest BCUT2D eigenvalue weighted by atomic mass is 10.4. The van der Waals surface area contributed by atoms with Crippen molar-refractivity contribution < 1.29 is 9.53 Å². The lowest BCUT2D eigenvalue weighted by Crippen LogP contribution is -2.25. The molecule has 2 aromatic rings. The molecule has 8 heteroatoms. The number of fused-ring (bicyclic) bond motifs is 1. The Labute approximate surface area is 115 Å². The van der Waals surface area contributed by atoms with Crippen LogP contribution in [0, 0.1) is 0 Å². The Morgan fingerprint density at radius 1 is 1.42 bits per heavy atom. The summed E-state index contributed by atoms with van der Waals surface area (Å²) in [5.74, 6) is 0.112. The maximum absolute atomic E-state index is 11.6.